The van der Waals surface area contributed by atoms with Gasteiger partial charge in [-0.3, -0.25) is 4.79 Å². The van der Waals surface area contributed by atoms with E-state index >= 15 is 0 Å². The Morgan fingerprint density at radius 1 is 1.12 bits per heavy atom. The molecular weight excluding hydrogens is 204 g/mol. The zero-order valence-corrected chi connectivity index (χ0v) is 9.25. The number of benzene rings is 1. The van der Waals surface area contributed by atoms with E-state index in [-0.39, 0.29) is 0 Å². The molecule has 0 fully saturated rings. The zero-order valence-electron chi connectivity index (χ0n) is 9.25. The van der Waals surface area contributed by atoms with Crippen LogP contribution in [0.1, 0.15) is 39.9 Å². The molecule has 1 aliphatic rings. The van der Waals surface area contributed by atoms with Crippen molar-refractivity contribution >= 4 is 11.8 Å². The molecule has 0 saturated heterocycles. The number of fused-ring (bicyclic) bond motifs is 1. The highest BCUT2D eigenvalue weighted by Gasteiger charge is 2.22. The van der Waals surface area contributed by atoms with Gasteiger partial charge < -0.3 is 5.11 Å². The monoisotopic (exact) mass is 218 g/mol. The lowest BCUT2D eigenvalue weighted by molar-refractivity contribution is -0.131. The molecule has 0 aliphatic heterocycles. The quantitative estimate of drug-likeness (QED) is 0.611. The lowest BCUT2D eigenvalue weighted by atomic mass is 9.84. The Hall–Kier alpha value is -1.64. The van der Waals surface area contributed by atoms with Gasteiger partial charge >= 0.3 is 5.97 Å². The third-order valence-electron chi connectivity index (χ3n) is 3.21. The average molecular weight is 218 g/mol. The van der Waals surface area contributed by atoms with Crippen molar-refractivity contribution in [2.24, 2.45) is 0 Å². The van der Waals surface area contributed by atoms with Crippen molar-refractivity contribution in [3.05, 3.63) is 34.4 Å². The van der Waals surface area contributed by atoms with E-state index in [1.807, 2.05) is 13.0 Å². The van der Waals surface area contributed by atoms with Crippen molar-refractivity contribution in [1.29, 1.82) is 0 Å². The lowest BCUT2D eigenvalue weighted by Gasteiger charge is -2.20. The van der Waals surface area contributed by atoms with Crippen LogP contribution in [-0.4, -0.2) is 16.9 Å². The van der Waals surface area contributed by atoms with Crippen LogP contribution >= 0.6 is 0 Å². The third kappa shape index (κ3) is 1.73. The van der Waals surface area contributed by atoms with E-state index in [1.54, 1.807) is 6.07 Å². The number of carbonyl (C=O) groups is 2. The summed E-state index contributed by atoms with van der Waals surface area (Å²) in [6, 6.07) is 3.50. The van der Waals surface area contributed by atoms with Crippen LogP contribution in [0.5, 0.6) is 0 Å². The highest BCUT2D eigenvalue weighted by molar-refractivity contribution is 6.40. The molecule has 2 rings (SSSR count). The molecule has 1 N–H and O–H groups in total. The Morgan fingerprint density at radius 2 is 1.75 bits per heavy atom. The molecule has 1 aromatic carbocycles. The van der Waals surface area contributed by atoms with E-state index in [2.05, 4.69) is 0 Å². The standard InChI is InChI=1S/C13H14O3/c1-8-6-7-11(12(14)13(15)16)10-5-3-2-4-9(8)10/h6-7H,2-5H2,1H3,(H,15,16). The van der Waals surface area contributed by atoms with Gasteiger partial charge in [0.2, 0.25) is 0 Å². The molecular formula is C13H14O3. The molecule has 0 unspecified atom stereocenters. The largest absolute Gasteiger partial charge is 0.475 e. The number of rotatable bonds is 2. The third-order valence-corrected chi connectivity index (χ3v) is 3.21. The predicted octanol–water partition coefficient (Wildman–Crippen LogP) is 2.14. The summed E-state index contributed by atoms with van der Waals surface area (Å²) in [5.74, 6) is -2.14. The van der Waals surface area contributed by atoms with E-state index in [9.17, 15) is 9.59 Å². The maximum absolute atomic E-state index is 11.5. The van der Waals surface area contributed by atoms with E-state index in [0.717, 1.165) is 36.8 Å². The number of carbonyl (C=O) groups excluding carboxylic acids is 1. The number of hydrogen-bond donors (Lipinski definition) is 1. The van der Waals surface area contributed by atoms with Crippen LogP contribution in [0.4, 0.5) is 0 Å². The lowest BCUT2D eigenvalue weighted by Crippen LogP contribution is -2.18. The van der Waals surface area contributed by atoms with Crippen LogP contribution in [-0.2, 0) is 17.6 Å². The van der Waals surface area contributed by atoms with Gasteiger partial charge in [-0.25, -0.2) is 4.79 Å². The first kappa shape index (κ1) is 10.9. The fourth-order valence-corrected chi connectivity index (χ4v) is 2.38. The first-order valence-corrected chi connectivity index (χ1v) is 5.50. The fourth-order valence-electron chi connectivity index (χ4n) is 2.38. The molecule has 0 spiro atoms. The van der Waals surface area contributed by atoms with Crippen molar-refractivity contribution in [1.82, 2.24) is 0 Å². The molecule has 0 bridgehead atoms. The molecule has 3 heteroatoms. The maximum atomic E-state index is 11.5. The highest BCUT2D eigenvalue weighted by atomic mass is 16.4. The average Bonchev–Trinajstić information content (AvgIpc) is 2.29. The molecule has 16 heavy (non-hydrogen) atoms. The number of carboxylic acids is 1. The van der Waals surface area contributed by atoms with Gasteiger partial charge in [0.25, 0.3) is 5.78 Å². The van der Waals surface area contributed by atoms with Crippen molar-refractivity contribution in [2.45, 2.75) is 32.6 Å². The van der Waals surface area contributed by atoms with Crippen LogP contribution in [0, 0.1) is 6.92 Å². The highest BCUT2D eigenvalue weighted by Crippen LogP contribution is 2.27. The Kier molecular flexibility index (Phi) is 2.77. The van der Waals surface area contributed by atoms with Gasteiger partial charge in [0.05, 0.1) is 0 Å². The van der Waals surface area contributed by atoms with Crippen molar-refractivity contribution < 1.29 is 14.7 Å². The number of carboxylic acid groups (broad SMARTS) is 1. The molecule has 0 radical (unpaired) electrons. The summed E-state index contributed by atoms with van der Waals surface area (Å²) in [5, 5.41) is 8.76. The Morgan fingerprint density at radius 3 is 2.38 bits per heavy atom. The molecule has 0 aromatic heterocycles. The van der Waals surface area contributed by atoms with Crippen LogP contribution in [0.2, 0.25) is 0 Å². The van der Waals surface area contributed by atoms with Crippen LogP contribution < -0.4 is 0 Å². The van der Waals surface area contributed by atoms with Gasteiger partial charge in [-0.2, -0.15) is 0 Å². The van der Waals surface area contributed by atoms with Gasteiger partial charge in [-0.05, 0) is 49.3 Å². The zero-order chi connectivity index (χ0) is 11.7. The van der Waals surface area contributed by atoms with E-state index < -0.39 is 11.8 Å². The molecule has 0 amide bonds. The predicted molar refractivity (Wildman–Crippen MR) is 59.8 cm³/mol. The van der Waals surface area contributed by atoms with Gasteiger partial charge in [0.1, 0.15) is 0 Å². The van der Waals surface area contributed by atoms with Crippen molar-refractivity contribution in [2.75, 3.05) is 0 Å². The van der Waals surface area contributed by atoms with Crippen LogP contribution in [0.3, 0.4) is 0 Å². The first-order valence-electron chi connectivity index (χ1n) is 5.50. The summed E-state index contributed by atoms with van der Waals surface area (Å²) in [6.07, 6.45) is 3.95. The normalized spacial score (nSPS) is 14.3. The number of hydrogen-bond acceptors (Lipinski definition) is 2. The number of ketones is 1. The molecule has 1 aliphatic carbocycles. The van der Waals surface area contributed by atoms with Gasteiger partial charge in [0.15, 0.2) is 0 Å². The maximum Gasteiger partial charge on any atom is 0.377 e. The van der Waals surface area contributed by atoms with E-state index in [4.69, 9.17) is 5.11 Å². The molecule has 0 saturated carbocycles. The molecule has 84 valence electrons. The fraction of sp³-hybridized carbons (Fsp3) is 0.385. The molecule has 0 heterocycles. The number of Topliss-reactive ketones (excluding diaryl/α,β-unsaturated/α-hetero) is 1. The Labute approximate surface area is 94.1 Å². The van der Waals surface area contributed by atoms with Gasteiger partial charge in [-0.15, -0.1) is 0 Å². The van der Waals surface area contributed by atoms with Crippen LogP contribution in [0.25, 0.3) is 0 Å². The summed E-state index contributed by atoms with van der Waals surface area (Å²) in [4.78, 5) is 22.2. The number of aryl methyl sites for hydroxylation is 1. The second-order valence-corrected chi connectivity index (χ2v) is 4.23. The SMILES string of the molecule is Cc1ccc(C(=O)C(=O)O)c2c1CCCC2. The van der Waals surface area contributed by atoms with Crippen molar-refractivity contribution in [3.63, 3.8) is 0 Å². The Balaban J connectivity index is 2.55. The first-order chi connectivity index (χ1) is 7.61. The molecule has 1 aromatic rings. The smallest absolute Gasteiger partial charge is 0.377 e. The summed E-state index contributed by atoms with van der Waals surface area (Å²) in [5.41, 5.74) is 3.68. The Bertz CT molecular complexity index is 460. The minimum Gasteiger partial charge on any atom is -0.475 e. The summed E-state index contributed by atoms with van der Waals surface area (Å²) in [6.45, 7) is 2.01. The second kappa shape index (κ2) is 4.08. The number of aliphatic carboxylic acids is 1. The summed E-state index contributed by atoms with van der Waals surface area (Å²) < 4.78 is 0. The topological polar surface area (TPSA) is 54.4 Å². The summed E-state index contributed by atoms with van der Waals surface area (Å²) >= 11 is 0. The van der Waals surface area contributed by atoms with E-state index in [0.29, 0.717) is 5.56 Å². The van der Waals surface area contributed by atoms with Crippen molar-refractivity contribution in [3.8, 4) is 0 Å². The summed E-state index contributed by atoms with van der Waals surface area (Å²) in [7, 11) is 0. The van der Waals surface area contributed by atoms with Crippen LogP contribution in [0.15, 0.2) is 12.1 Å². The minimum atomic E-state index is -1.36. The minimum absolute atomic E-state index is 0.382. The molecule has 0 atom stereocenters. The second-order valence-electron chi connectivity index (χ2n) is 4.23. The molecule has 3 nitrogen and oxygen atoms in total. The van der Waals surface area contributed by atoms with E-state index in [1.165, 1.54) is 5.56 Å². The van der Waals surface area contributed by atoms with Gasteiger partial charge in [0, 0.05) is 5.56 Å². The van der Waals surface area contributed by atoms with Gasteiger partial charge in [-0.1, -0.05) is 12.1 Å².